The molecule has 0 heterocycles. The number of hydrogen-bond donors (Lipinski definition) is 0. The van der Waals surface area contributed by atoms with Crippen molar-refractivity contribution in [3.63, 3.8) is 0 Å². The number of nitro benzene ring substituents is 1. The van der Waals surface area contributed by atoms with E-state index in [4.69, 9.17) is 0 Å². The Bertz CT molecular complexity index is 739. The molecule has 2 aromatic carbocycles. The Morgan fingerprint density at radius 3 is 2.26 bits per heavy atom. The largest absolute Gasteiger partial charge is 0 e. The Hall–Kier alpha value is 1.03. The minimum Gasteiger partial charge on any atom is 0 e. The van der Waals surface area contributed by atoms with Crippen LogP contribution in [0.15, 0.2) is 12.1 Å². The van der Waals surface area contributed by atoms with E-state index in [0.29, 0.717) is 26.1 Å². The summed E-state index contributed by atoms with van der Waals surface area (Å²) in [6, 6.07) is 10.5. The first-order valence-corrected chi connectivity index (χ1v) is 11.0. The van der Waals surface area contributed by atoms with E-state index in [1.165, 1.54) is 0 Å². The maximum Gasteiger partial charge on any atom is 0 e. The number of nitrogens with zero attached hydrogens (tertiary/aromatic N) is 1. The molecule has 0 aromatic heterocycles. The van der Waals surface area contributed by atoms with Crippen molar-refractivity contribution in [1.29, 1.82) is 0 Å². The van der Waals surface area contributed by atoms with Crippen molar-refractivity contribution in [2.24, 2.45) is 0 Å². The molecule has 0 aliphatic carbocycles. The summed E-state index contributed by atoms with van der Waals surface area (Å²) in [5, 5.41) is 11.4. The Morgan fingerprint density at radius 2 is 1.74 bits per heavy atom. The molecule has 0 aliphatic heterocycles. The average molecular weight is 889 g/mol. The molecule has 2 aromatic rings. The minimum absolute atomic E-state index is 0. The molecule has 0 amide bonds. The van der Waals surface area contributed by atoms with Gasteiger partial charge in [0.15, 0.2) is 0 Å². The summed E-state index contributed by atoms with van der Waals surface area (Å²) in [6.45, 7) is 7.83. The number of aryl methyl sites for hydroxylation is 2. The number of rotatable bonds is 3. The Labute approximate surface area is 197 Å². The van der Waals surface area contributed by atoms with E-state index in [0.717, 1.165) is 34.2 Å². The molecule has 0 bridgehead atoms. The fraction of sp³-hybridized carbons (Fsp3) is 0.250. The van der Waals surface area contributed by atoms with Gasteiger partial charge in [0.2, 0.25) is 0 Å². The molecule has 7 heteroatoms. The van der Waals surface area contributed by atoms with Crippen molar-refractivity contribution in [3.05, 3.63) is 56.6 Å². The number of hydrogen-bond acceptors (Lipinski definition) is 2. The molecule has 0 N–H and O–H groups in total. The SMILES string of the molecule is Cc1[c-][c]([Hg])[c-]cc1[Se]c1cc(C)c(C)c(C)c1[N+](=O)[O-].[Hf].[Hf]. The van der Waals surface area contributed by atoms with Crippen molar-refractivity contribution >= 4 is 32.6 Å². The van der Waals surface area contributed by atoms with Gasteiger partial charge in [0.25, 0.3) is 0 Å². The molecule has 0 radical (unpaired) electrons. The van der Waals surface area contributed by atoms with Crippen LogP contribution >= 0.6 is 0 Å². The zero-order valence-corrected chi connectivity index (χ0v) is 27.9. The van der Waals surface area contributed by atoms with Crippen molar-refractivity contribution in [1.82, 2.24) is 0 Å². The first-order chi connectivity index (χ1) is 9.81. The van der Waals surface area contributed by atoms with Gasteiger partial charge in [0.05, 0.1) is 0 Å². The fourth-order valence-electron chi connectivity index (χ4n) is 2.15. The van der Waals surface area contributed by atoms with Crippen LogP contribution in [0.1, 0.15) is 22.3 Å². The summed E-state index contributed by atoms with van der Waals surface area (Å²) in [4.78, 5) is 11.2. The summed E-state index contributed by atoms with van der Waals surface area (Å²) in [7, 11) is 0. The Kier molecular flexibility index (Phi) is 10.7. The van der Waals surface area contributed by atoms with E-state index in [2.05, 4.69) is 12.1 Å². The maximum atomic E-state index is 11.4. The van der Waals surface area contributed by atoms with Crippen LogP contribution in [0.3, 0.4) is 0 Å². The molecule has 0 aliphatic rings. The van der Waals surface area contributed by atoms with Gasteiger partial charge in [0.1, 0.15) is 0 Å². The normalized spacial score (nSPS) is 9.83. The molecule has 0 spiro atoms. The molecular weight excluding hydrogens is 875 g/mol. The van der Waals surface area contributed by atoms with Gasteiger partial charge in [-0.25, -0.2) is 0 Å². The van der Waals surface area contributed by atoms with Crippen LogP contribution in [-0.4, -0.2) is 19.9 Å². The predicted octanol–water partition coefficient (Wildman–Crippen LogP) is 1.25. The van der Waals surface area contributed by atoms with Gasteiger partial charge in [-0.1, -0.05) is 0 Å². The van der Waals surface area contributed by atoms with Crippen LogP contribution in [-0.2, 0) is 77.8 Å². The molecule has 0 fully saturated rings. The summed E-state index contributed by atoms with van der Waals surface area (Å²) in [5.41, 5.74) is 4.28. The Balaban J connectivity index is 0.00000242. The van der Waals surface area contributed by atoms with Crippen molar-refractivity contribution in [2.75, 3.05) is 0 Å². The second kappa shape index (κ2) is 10.2. The van der Waals surface area contributed by atoms with Crippen molar-refractivity contribution in [2.45, 2.75) is 27.7 Å². The summed E-state index contributed by atoms with van der Waals surface area (Å²) in [6.07, 6.45) is 0. The molecule has 0 saturated carbocycles. The van der Waals surface area contributed by atoms with E-state index in [1.54, 1.807) is 0 Å². The molecule has 0 saturated heterocycles. The van der Waals surface area contributed by atoms with E-state index in [-0.39, 0.29) is 77.3 Å². The van der Waals surface area contributed by atoms with Crippen molar-refractivity contribution < 1.29 is 82.7 Å². The second-order valence-corrected chi connectivity index (χ2v) is 10.1. The molecular formula is C16H14Hf2HgNO2Se-2. The maximum absolute atomic E-state index is 11.4. The summed E-state index contributed by atoms with van der Waals surface area (Å²) < 4.78 is 3.13. The van der Waals surface area contributed by atoms with E-state index >= 15 is 0 Å². The van der Waals surface area contributed by atoms with Gasteiger partial charge in [-0.15, -0.1) is 0 Å². The van der Waals surface area contributed by atoms with E-state index in [1.807, 2.05) is 39.8 Å². The molecule has 23 heavy (non-hydrogen) atoms. The Morgan fingerprint density at radius 1 is 1.13 bits per heavy atom. The summed E-state index contributed by atoms with van der Waals surface area (Å²) >= 11 is 0.417. The van der Waals surface area contributed by atoms with Crippen LogP contribution in [0.5, 0.6) is 0 Å². The third-order valence-electron chi connectivity index (χ3n) is 3.58. The zero-order valence-electron chi connectivity index (χ0n) is 13.5. The number of nitro groups is 1. The molecule has 3 nitrogen and oxygen atoms in total. The van der Waals surface area contributed by atoms with Crippen LogP contribution in [0.25, 0.3) is 0 Å². The first kappa shape index (κ1) is 24.0. The molecule has 113 valence electrons. The third-order valence-corrected chi connectivity index (χ3v) is 7.52. The topological polar surface area (TPSA) is 43.1 Å². The first-order valence-electron chi connectivity index (χ1n) is 6.51. The molecule has 2 rings (SSSR count). The quantitative estimate of drug-likeness (QED) is 0.202. The third kappa shape index (κ3) is 5.77. The smallest absolute Gasteiger partial charge is 0 e. The van der Waals surface area contributed by atoms with Gasteiger partial charge in [-0.05, 0) is 0 Å². The fourth-order valence-corrected chi connectivity index (χ4v) is 5.92. The summed E-state index contributed by atoms with van der Waals surface area (Å²) in [5.74, 6) is 0. The monoisotopic (exact) mass is 894 g/mol. The van der Waals surface area contributed by atoms with Crippen LogP contribution in [0, 0.1) is 49.9 Å². The van der Waals surface area contributed by atoms with Crippen LogP contribution in [0.2, 0.25) is 0 Å². The van der Waals surface area contributed by atoms with Gasteiger partial charge in [-0.3, -0.25) is 0 Å². The van der Waals surface area contributed by atoms with E-state index in [9.17, 15) is 10.1 Å². The second-order valence-electron chi connectivity index (χ2n) is 5.03. The van der Waals surface area contributed by atoms with E-state index < -0.39 is 0 Å². The van der Waals surface area contributed by atoms with Gasteiger partial charge in [0, 0.05) is 51.7 Å². The number of benzene rings is 2. The standard InChI is InChI=1S/C16H14NO2Se.2Hf.Hg/c1-10-7-5-6-8-14(10)20-15-9-11(2)12(3)13(4)16(15)17(18)19;;;/h8-9H,1-4H3;;;/q-2;;;. The van der Waals surface area contributed by atoms with Gasteiger partial charge in [-0.2, -0.15) is 0 Å². The average Bonchev–Trinajstić information content (AvgIpc) is 2.39. The zero-order chi connectivity index (χ0) is 15.7. The van der Waals surface area contributed by atoms with Crippen LogP contribution < -0.4 is 12.0 Å². The molecule has 0 atom stereocenters. The minimum atomic E-state index is -0.245. The van der Waals surface area contributed by atoms with Gasteiger partial charge < -0.3 is 0 Å². The van der Waals surface area contributed by atoms with Gasteiger partial charge >= 0.3 is 148 Å². The van der Waals surface area contributed by atoms with Crippen LogP contribution in [0.4, 0.5) is 5.69 Å². The van der Waals surface area contributed by atoms with Crippen molar-refractivity contribution in [3.8, 4) is 0 Å². The predicted molar refractivity (Wildman–Crippen MR) is 80.8 cm³/mol. The molecule has 0 unspecified atom stereocenters.